The predicted molar refractivity (Wildman–Crippen MR) is 88.6 cm³/mol. The average molecular weight is 315 g/mol. The first-order valence-corrected chi connectivity index (χ1v) is 7.40. The van der Waals surface area contributed by atoms with Crippen molar-refractivity contribution in [2.75, 3.05) is 39.9 Å². The van der Waals surface area contributed by atoms with Gasteiger partial charge in [0.25, 0.3) is 0 Å². The van der Waals surface area contributed by atoms with E-state index in [9.17, 15) is 5.11 Å². The number of hydrogen-bond acceptors (Lipinski definition) is 4. The fourth-order valence-electron chi connectivity index (χ4n) is 2.78. The zero-order valence-electron chi connectivity index (χ0n) is 13.1. The molecule has 4 nitrogen and oxygen atoms in total. The first-order valence-electron chi connectivity index (χ1n) is 7.40. The first-order chi connectivity index (χ1) is 9.67. The molecule has 2 N–H and O–H groups in total. The van der Waals surface area contributed by atoms with Crippen LogP contribution in [0.2, 0.25) is 0 Å². The van der Waals surface area contributed by atoms with Crippen LogP contribution >= 0.6 is 12.4 Å². The quantitative estimate of drug-likeness (QED) is 0.874. The third-order valence-corrected chi connectivity index (χ3v) is 4.04. The van der Waals surface area contributed by atoms with E-state index < -0.39 is 0 Å². The van der Waals surface area contributed by atoms with Gasteiger partial charge in [-0.2, -0.15) is 0 Å². The summed E-state index contributed by atoms with van der Waals surface area (Å²) in [5, 5.41) is 13.2. The maximum absolute atomic E-state index is 9.86. The molecule has 0 bridgehead atoms. The minimum atomic E-state index is 0. The number of benzene rings is 1. The highest BCUT2D eigenvalue weighted by Crippen LogP contribution is 2.32. The van der Waals surface area contributed by atoms with Crippen molar-refractivity contribution in [2.45, 2.75) is 25.8 Å². The molecule has 0 spiro atoms. The molecule has 0 aliphatic carbocycles. The molecular formula is C16H27ClN2O2. The lowest BCUT2D eigenvalue weighted by atomic mass is 9.96. The van der Waals surface area contributed by atoms with Gasteiger partial charge in [-0.1, -0.05) is 26.0 Å². The Kier molecular flexibility index (Phi) is 7.46. The lowest BCUT2D eigenvalue weighted by Crippen LogP contribution is -2.46. The highest BCUT2D eigenvalue weighted by atomic mass is 35.5. The van der Waals surface area contributed by atoms with Crippen LogP contribution in [0.4, 0.5) is 0 Å². The summed E-state index contributed by atoms with van der Waals surface area (Å²) in [4.78, 5) is 2.33. The van der Waals surface area contributed by atoms with E-state index in [-0.39, 0.29) is 25.1 Å². The lowest BCUT2D eigenvalue weighted by Gasteiger charge is -2.35. The highest BCUT2D eigenvalue weighted by molar-refractivity contribution is 5.85. The molecule has 0 saturated carbocycles. The van der Waals surface area contributed by atoms with E-state index in [0.717, 1.165) is 37.5 Å². The molecule has 2 rings (SSSR count). The van der Waals surface area contributed by atoms with Crippen LogP contribution in [0.3, 0.4) is 0 Å². The molecule has 1 aromatic carbocycles. The largest absolute Gasteiger partial charge is 0.496 e. The Labute approximate surface area is 133 Å². The van der Waals surface area contributed by atoms with E-state index in [1.807, 2.05) is 6.07 Å². The summed E-state index contributed by atoms with van der Waals surface area (Å²) in [5.74, 6) is 1.34. The summed E-state index contributed by atoms with van der Waals surface area (Å²) in [6.07, 6.45) is 0. The summed E-state index contributed by atoms with van der Waals surface area (Å²) in [6.45, 7) is 8.36. The Bertz CT molecular complexity index is 434. The second kappa shape index (κ2) is 8.59. The molecule has 1 aliphatic heterocycles. The number of hydrogen-bond donors (Lipinski definition) is 2. The molecule has 1 fully saturated rings. The number of aliphatic hydroxyl groups is 1. The average Bonchev–Trinajstić information content (AvgIpc) is 2.49. The highest BCUT2D eigenvalue weighted by Gasteiger charge is 2.24. The first kappa shape index (κ1) is 18.2. The second-order valence-electron chi connectivity index (χ2n) is 5.64. The Morgan fingerprint density at radius 3 is 2.48 bits per heavy atom. The van der Waals surface area contributed by atoms with Crippen LogP contribution in [-0.4, -0.2) is 49.9 Å². The van der Waals surface area contributed by atoms with Crippen molar-refractivity contribution >= 4 is 12.4 Å². The third kappa shape index (κ3) is 4.33. The van der Waals surface area contributed by atoms with Gasteiger partial charge in [0.1, 0.15) is 5.75 Å². The fraction of sp³-hybridized carbons (Fsp3) is 0.625. The number of nitrogens with zero attached hydrogens (tertiary/aromatic N) is 1. The van der Waals surface area contributed by atoms with Crippen molar-refractivity contribution < 1.29 is 9.84 Å². The minimum absolute atomic E-state index is 0. The molecule has 0 radical (unpaired) electrons. The minimum Gasteiger partial charge on any atom is -0.496 e. The second-order valence-corrected chi connectivity index (χ2v) is 5.64. The Balaban J connectivity index is 0.00000220. The standard InChI is InChI=1S/C16H26N2O2.ClH/c1-12(2)13-4-5-16(20-3)14(10-13)15(11-19)18-8-6-17-7-9-18;/h4-5,10,12,15,17,19H,6-9,11H2,1-3H3;1H/t15-;/m1./s1. The van der Waals surface area contributed by atoms with Crippen molar-refractivity contribution in [3.05, 3.63) is 29.3 Å². The van der Waals surface area contributed by atoms with Gasteiger partial charge in [0.15, 0.2) is 0 Å². The van der Waals surface area contributed by atoms with E-state index >= 15 is 0 Å². The van der Waals surface area contributed by atoms with Crippen molar-refractivity contribution in [1.29, 1.82) is 0 Å². The molecule has 0 unspecified atom stereocenters. The Morgan fingerprint density at radius 1 is 1.29 bits per heavy atom. The van der Waals surface area contributed by atoms with E-state index in [0.29, 0.717) is 5.92 Å². The van der Waals surface area contributed by atoms with Crippen LogP contribution in [0, 0.1) is 0 Å². The Hall–Kier alpha value is -0.810. The number of ether oxygens (including phenoxy) is 1. The zero-order valence-corrected chi connectivity index (χ0v) is 13.9. The number of halogens is 1. The van der Waals surface area contributed by atoms with Crippen LogP contribution < -0.4 is 10.1 Å². The Morgan fingerprint density at radius 2 is 1.95 bits per heavy atom. The van der Waals surface area contributed by atoms with Crippen LogP contribution in [0.15, 0.2) is 18.2 Å². The summed E-state index contributed by atoms with van der Waals surface area (Å²) in [7, 11) is 1.69. The van der Waals surface area contributed by atoms with Gasteiger partial charge in [0.05, 0.1) is 19.8 Å². The van der Waals surface area contributed by atoms with Gasteiger partial charge in [0, 0.05) is 31.7 Å². The molecule has 5 heteroatoms. The zero-order chi connectivity index (χ0) is 14.5. The molecular weight excluding hydrogens is 288 g/mol. The predicted octanol–water partition coefficient (Wildman–Crippen LogP) is 2.18. The molecule has 1 aliphatic rings. The van der Waals surface area contributed by atoms with Crippen molar-refractivity contribution in [3.63, 3.8) is 0 Å². The number of rotatable bonds is 5. The third-order valence-electron chi connectivity index (χ3n) is 4.04. The smallest absolute Gasteiger partial charge is 0.123 e. The van der Waals surface area contributed by atoms with E-state index in [1.165, 1.54) is 5.56 Å². The van der Waals surface area contributed by atoms with Crippen LogP contribution in [0.25, 0.3) is 0 Å². The van der Waals surface area contributed by atoms with Gasteiger partial charge >= 0.3 is 0 Å². The summed E-state index contributed by atoms with van der Waals surface area (Å²) in [5.41, 5.74) is 2.39. The van der Waals surface area contributed by atoms with Gasteiger partial charge < -0.3 is 15.2 Å². The van der Waals surface area contributed by atoms with Crippen molar-refractivity contribution in [3.8, 4) is 5.75 Å². The van der Waals surface area contributed by atoms with Gasteiger partial charge in [-0.15, -0.1) is 12.4 Å². The monoisotopic (exact) mass is 314 g/mol. The molecule has 1 saturated heterocycles. The number of piperazine rings is 1. The van der Waals surface area contributed by atoms with Gasteiger partial charge in [-0.3, -0.25) is 4.90 Å². The number of aliphatic hydroxyl groups excluding tert-OH is 1. The number of nitrogens with one attached hydrogen (secondary N) is 1. The molecule has 1 heterocycles. The maximum atomic E-state index is 9.86. The van der Waals surface area contributed by atoms with Crippen molar-refractivity contribution in [2.24, 2.45) is 0 Å². The van der Waals surface area contributed by atoms with E-state index in [1.54, 1.807) is 7.11 Å². The normalized spacial score (nSPS) is 17.4. The van der Waals surface area contributed by atoms with E-state index in [4.69, 9.17) is 4.74 Å². The van der Waals surface area contributed by atoms with Gasteiger partial charge in [0.2, 0.25) is 0 Å². The molecule has 1 atom stereocenters. The molecule has 1 aromatic rings. The van der Waals surface area contributed by atoms with Crippen LogP contribution in [0.5, 0.6) is 5.75 Å². The molecule has 21 heavy (non-hydrogen) atoms. The number of methoxy groups -OCH3 is 1. The maximum Gasteiger partial charge on any atom is 0.123 e. The van der Waals surface area contributed by atoms with Gasteiger partial charge in [-0.25, -0.2) is 0 Å². The molecule has 0 aromatic heterocycles. The van der Waals surface area contributed by atoms with Gasteiger partial charge in [-0.05, 0) is 17.5 Å². The SMILES string of the molecule is COc1ccc(C(C)C)cc1[C@@H](CO)N1CCNCC1.Cl. The van der Waals surface area contributed by atoms with Crippen molar-refractivity contribution in [1.82, 2.24) is 10.2 Å². The summed E-state index contributed by atoms with van der Waals surface area (Å²) < 4.78 is 5.50. The van der Waals surface area contributed by atoms with Crippen LogP contribution in [0.1, 0.15) is 36.9 Å². The summed E-state index contributed by atoms with van der Waals surface area (Å²) >= 11 is 0. The van der Waals surface area contributed by atoms with E-state index in [2.05, 4.69) is 36.2 Å². The fourth-order valence-corrected chi connectivity index (χ4v) is 2.78. The topological polar surface area (TPSA) is 44.7 Å². The molecule has 0 amide bonds. The van der Waals surface area contributed by atoms with Crippen LogP contribution in [-0.2, 0) is 0 Å². The lowest BCUT2D eigenvalue weighted by molar-refractivity contribution is 0.109. The molecule has 120 valence electrons. The summed E-state index contributed by atoms with van der Waals surface area (Å²) in [6, 6.07) is 6.34.